The van der Waals surface area contributed by atoms with Crippen molar-refractivity contribution in [2.45, 2.75) is 71.8 Å². The molecule has 0 unspecified atom stereocenters. The standard InChI is InChI=1S/C26H33BrClN3O2/c1-4-21-23-20(29-30(21)3)12-8-6-7-9-16-31-24-18(13-14-19(28)22(23)24)17(11-10-15-27)25(31)26(32)33-5-2/h13-14H,4-12,15-16H2,1-3H3. The summed E-state index contributed by atoms with van der Waals surface area (Å²) >= 11 is 10.5. The lowest BCUT2D eigenvalue weighted by molar-refractivity contribution is 0.0513. The molecule has 2 aromatic heterocycles. The second kappa shape index (κ2) is 10.6. The topological polar surface area (TPSA) is 49.1 Å². The number of halogens is 2. The first kappa shape index (κ1) is 24.3. The number of benzene rings is 1. The minimum atomic E-state index is -0.239. The predicted molar refractivity (Wildman–Crippen MR) is 139 cm³/mol. The van der Waals surface area contributed by atoms with Gasteiger partial charge in [-0.3, -0.25) is 4.68 Å². The van der Waals surface area contributed by atoms with E-state index < -0.39 is 0 Å². The minimum Gasteiger partial charge on any atom is -0.461 e. The van der Waals surface area contributed by atoms with E-state index in [0.29, 0.717) is 17.3 Å². The van der Waals surface area contributed by atoms with Gasteiger partial charge in [0.15, 0.2) is 0 Å². The third-order valence-corrected chi connectivity index (χ3v) is 7.55. The van der Waals surface area contributed by atoms with Gasteiger partial charge in [-0.05, 0) is 57.1 Å². The van der Waals surface area contributed by atoms with Crippen molar-refractivity contribution in [3.63, 3.8) is 0 Å². The van der Waals surface area contributed by atoms with Crippen molar-refractivity contribution in [1.29, 1.82) is 0 Å². The van der Waals surface area contributed by atoms with Crippen LogP contribution in [0.25, 0.3) is 22.0 Å². The van der Waals surface area contributed by atoms with Gasteiger partial charge in [0.2, 0.25) is 0 Å². The summed E-state index contributed by atoms with van der Waals surface area (Å²) in [5, 5.41) is 7.63. The Kier molecular flexibility index (Phi) is 7.85. The average molecular weight is 535 g/mol. The number of alkyl halides is 1. The Labute approximate surface area is 209 Å². The number of ether oxygens (including phenoxy) is 1. The summed E-state index contributed by atoms with van der Waals surface area (Å²) in [5.74, 6) is -0.239. The molecule has 0 saturated heterocycles. The molecular weight excluding hydrogens is 502 g/mol. The maximum absolute atomic E-state index is 13.3. The molecule has 0 saturated carbocycles. The quantitative estimate of drug-likeness (QED) is 0.256. The van der Waals surface area contributed by atoms with Gasteiger partial charge < -0.3 is 9.30 Å². The molecule has 0 fully saturated rings. The Balaban J connectivity index is 2.13. The fourth-order valence-corrected chi connectivity index (χ4v) is 5.82. The summed E-state index contributed by atoms with van der Waals surface area (Å²) in [7, 11) is 2.02. The van der Waals surface area contributed by atoms with Crippen LogP contribution in [-0.4, -0.2) is 32.3 Å². The van der Waals surface area contributed by atoms with Crippen LogP contribution < -0.4 is 0 Å². The van der Waals surface area contributed by atoms with Gasteiger partial charge >= 0.3 is 5.97 Å². The first-order chi connectivity index (χ1) is 16.0. The van der Waals surface area contributed by atoms with Crippen molar-refractivity contribution in [3.8, 4) is 11.1 Å². The van der Waals surface area contributed by atoms with Crippen LogP contribution in [0.15, 0.2) is 12.1 Å². The molecule has 0 atom stereocenters. The number of hydrogen-bond donors (Lipinski definition) is 0. The van der Waals surface area contributed by atoms with Crippen LogP contribution in [0.2, 0.25) is 5.02 Å². The molecule has 33 heavy (non-hydrogen) atoms. The molecule has 1 aliphatic heterocycles. The van der Waals surface area contributed by atoms with Crippen molar-refractivity contribution in [1.82, 2.24) is 14.3 Å². The van der Waals surface area contributed by atoms with E-state index in [9.17, 15) is 4.79 Å². The Morgan fingerprint density at radius 1 is 1.18 bits per heavy atom. The third-order valence-electron chi connectivity index (χ3n) is 6.68. The van der Waals surface area contributed by atoms with E-state index in [4.69, 9.17) is 21.4 Å². The fourth-order valence-electron chi connectivity index (χ4n) is 5.29. The summed E-state index contributed by atoms with van der Waals surface area (Å²) < 4.78 is 9.78. The molecule has 3 aromatic rings. The van der Waals surface area contributed by atoms with Crippen LogP contribution in [-0.2, 0) is 37.6 Å². The Bertz CT molecular complexity index is 1160. The molecule has 7 heteroatoms. The molecule has 0 amide bonds. The maximum atomic E-state index is 13.3. The number of hydrogen-bond acceptors (Lipinski definition) is 3. The summed E-state index contributed by atoms with van der Waals surface area (Å²) in [6.07, 6.45) is 7.97. The number of fused-ring (bicyclic) bond motifs is 2. The molecule has 0 spiro atoms. The summed E-state index contributed by atoms with van der Waals surface area (Å²) in [5.41, 5.74) is 7.29. The molecule has 0 bridgehead atoms. The fraction of sp³-hybridized carbons (Fsp3) is 0.538. The lowest BCUT2D eigenvalue weighted by Crippen LogP contribution is -2.15. The van der Waals surface area contributed by atoms with Gasteiger partial charge in [-0.2, -0.15) is 5.10 Å². The van der Waals surface area contributed by atoms with Crippen molar-refractivity contribution in [2.24, 2.45) is 7.05 Å². The Morgan fingerprint density at radius 3 is 2.70 bits per heavy atom. The zero-order valence-corrected chi connectivity index (χ0v) is 22.2. The number of carbonyl (C=O) groups excluding carboxylic acids is 1. The van der Waals surface area contributed by atoms with Crippen LogP contribution >= 0.6 is 27.5 Å². The molecule has 0 N–H and O–H groups in total. The van der Waals surface area contributed by atoms with E-state index in [1.165, 1.54) is 5.69 Å². The van der Waals surface area contributed by atoms with Crippen LogP contribution in [0.5, 0.6) is 0 Å². The van der Waals surface area contributed by atoms with E-state index in [1.54, 1.807) is 0 Å². The van der Waals surface area contributed by atoms with Gasteiger partial charge in [0.1, 0.15) is 5.69 Å². The number of esters is 1. The number of aromatic nitrogens is 3. The zero-order valence-electron chi connectivity index (χ0n) is 19.8. The van der Waals surface area contributed by atoms with Gasteiger partial charge in [-0.15, -0.1) is 0 Å². The van der Waals surface area contributed by atoms with Crippen LogP contribution in [0.1, 0.15) is 73.4 Å². The van der Waals surface area contributed by atoms with Gasteiger partial charge in [-0.1, -0.05) is 53.4 Å². The van der Waals surface area contributed by atoms with Crippen molar-refractivity contribution in [3.05, 3.63) is 39.8 Å². The molecule has 0 radical (unpaired) electrons. The van der Waals surface area contributed by atoms with Crippen LogP contribution in [0.4, 0.5) is 0 Å². The molecule has 0 aliphatic carbocycles. The highest BCUT2D eigenvalue weighted by Gasteiger charge is 2.29. The number of rotatable bonds is 6. The molecule has 3 heterocycles. The monoisotopic (exact) mass is 533 g/mol. The average Bonchev–Trinajstić information content (AvgIpc) is 3.27. The lowest BCUT2D eigenvalue weighted by atomic mass is 9.95. The second-order valence-electron chi connectivity index (χ2n) is 8.72. The maximum Gasteiger partial charge on any atom is 0.355 e. The van der Waals surface area contributed by atoms with Crippen molar-refractivity contribution < 1.29 is 9.53 Å². The van der Waals surface area contributed by atoms with Gasteiger partial charge in [-0.25, -0.2) is 4.79 Å². The van der Waals surface area contributed by atoms with Crippen LogP contribution in [0.3, 0.4) is 0 Å². The Morgan fingerprint density at radius 2 is 1.97 bits per heavy atom. The zero-order chi connectivity index (χ0) is 23.5. The summed E-state index contributed by atoms with van der Waals surface area (Å²) in [6.45, 7) is 5.17. The molecular formula is C26H33BrClN3O2. The smallest absolute Gasteiger partial charge is 0.355 e. The summed E-state index contributed by atoms with van der Waals surface area (Å²) in [6, 6.07) is 4.08. The number of carbonyl (C=O) groups is 1. The highest BCUT2D eigenvalue weighted by molar-refractivity contribution is 9.09. The molecule has 1 aromatic carbocycles. The molecule has 4 rings (SSSR count). The van der Waals surface area contributed by atoms with Gasteiger partial charge in [0.05, 0.1) is 22.8 Å². The van der Waals surface area contributed by atoms with E-state index >= 15 is 0 Å². The lowest BCUT2D eigenvalue weighted by Gasteiger charge is -2.15. The molecule has 1 aliphatic rings. The molecule has 178 valence electrons. The highest BCUT2D eigenvalue weighted by Crippen LogP contribution is 2.43. The first-order valence-corrected chi connectivity index (χ1v) is 13.6. The Hall–Kier alpha value is -1.79. The van der Waals surface area contributed by atoms with E-state index in [2.05, 4.69) is 33.5 Å². The van der Waals surface area contributed by atoms with E-state index in [-0.39, 0.29) is 5.97 Å². The van der Waals surface area contributed by atoms with Crippen molar-refractivity contribution >= 4 is 44.4 Å². The number of nitrogens with zero attached hydrogens (tertiary/aromatic N) is 3. The van der Waals surface area contributed by atoms with E-state index in [0.717, 1.165) is 96.5 Å². The summed E-state index contributed by atoms with van der Waals surface area (Å²) in [4.78, 5) is 13.3. The SMILES string of the molecule is CCOC(=O)c1c(CCCBr)c2ccc(Cl)c3c2n1CCCCCCc1nn(C)c(CC)c1-3. The van der Waals surface area contributed by atoms with Crippen LogP contribution in [0, 0.1) is 0 Å². The first-order valence-electron chi connectivity index (χ1n) is 12.1. The minimum absolute atomic E-state index is 0.239. The van der Waals surface area contributed by atoms with Gasteiger partial charge in [0, 0.05) is 41.1 Å². The largest absolute Gasteiger partial charge is 0.461 e. The predicted octanol–water partition coefficient (Wildman–Crippen LogP) is 6.88. The second-order valence-corrected chi connectivity index (χ2v) is 9.92. The highest BCUT2D eigenvalue weighted by atomic mass is 79.9. The van der Waals surface area contributed by atoms with Gasteiger partial charge in [0.25, 0.3) is 0 Å². The molecule has 5 nitrogen and oxygen atoms in total. The third kappa shape index (κ3) is 4.49. The normalized spacial score (nSPS) is 14.2. The van der Waals surface area contributed by atoms with Crippen molar-refractivity contribution in [2.75, 3.05) is 11.9 Å². The van der Waals surface area contributed by atoms with E-state index in [1.807, 2.05) is 24.7 Å². The number of aryl methyl sites for hydroxylation is 4.